The third kappa shape index (κ3) is 34.8. The van der Waals surface area contributed by atoms with Crippen LogP contribution in [0.5, 0.6) is 0 Å². The Balaban J connectivity index is 0. The van der Waals surface area contributed by atoms with Crippen molar-refractivity contribution < 1.29 is 26.7 Å². The van der Waals surface area contributed by atoms with Gasteiger partial charge in [-0.05, 0) is 89.9 Å². The zero-order chi connectivity index (χ0) is 38.3. The molecule has 0 aliphatic carbocycles. The summed E-state index contributed by atoms with van der Waals surface area (Å²) in [6, 6.07) is 1.38. The van der Waals surface area contributed by atoms with Crippen molar-refractivity contribution in [2.24, 2.45) is 0 Å². The van der Waals surface area contributed by atoms with Gasteiger partial charge in [0, 0.05) is 0 Å². The molecule has 0 radical (unpaired) electrons. The highest BCUT2D eigenvalue weighted by atomic mass is 32.3. The maximum Gasteiger partial charge on any atom is 0.217 e. The molecule has 0 saturated carbocycles. The van der Waals surface area contributed by atoms with Crippen molar-refractivity contribution in [3.63, 3.8) is 0 Å². The van der Waals surface area contributed by atoms with Gasteiger partial charge in [-0.25, -0.2) is 8.42 Å². The highest BCUT2D eigenvalue weighted by molar-refractivity contribution is 7.80. The summed E-state index contributed by atoms with van der Waals surface area (Å²) in [5, 5.41) is 10.1. The normalized spacial score (nSPS) is 14.5. The molecule has 0 spiro atoms. The van der Waals surface area contributed by atoms with E-state index in [0.717, 1.165) is 18.1 Å². The van der Waals surface area contributed by atoms with Crippen LogP contribution in [-0.4, -0.2) is 62.0 Å². The molecule has 0 heterocycles. The predicted octanol–water partition coefficient (Wildman–Crippen LogP) is 13.2. The van der Waals surface area contributed by atoms with Crippen molar-refractivity contribution in [1.82, 2.24) is 0 Å². The average Bonchev–Trinajstić information content (AvgIpc) is 3.11. The largest absolute Gasteiger partial charge is 0.726 e. The first kappa shape index (κ1) is 52.4. The SMILES string of the molecule is CCCCCCCC/C=C\CCCCCCCC(CC)[N+](C)(CCO)C(CC)CCCCCCC/C=C\CCCCCCCC.COS(=O)(=O)[O-]. The molecule has 0 rings (SSSR count). The van der Waals surface area contributed by atoms with E-state index in [4.69, 9.17) is 0 Å². The van der Waals surface area contributed by atoms with Gasteiger partial charge in [-0.3, -0.25) is 4.18 Å². The molecule has 51 heavy (non-hydrogen) atoms. The van der Waals surface area contributed by atoms with E-state index in [0.29, 0.717) is 18.7 Å². The Hall–Kier alpha value is -0.730. The lowest BCUT2D eigenvalue weighted by Crippen LogP contribution is -2.59. The monoisotopic (exact) mass is 744 g/mol. The van der Waals surface area contributed by atoms with E-state index in [1.54, 1.807) is 0 Å². The quantitative estimate of drug-likeness (QED) is 0.0225. The van der Waals surface area contributed by atoms with Crippen LogP contribution in [0.4, 0.5) is 0 Å². The van der Waals surface area contributed by atoms with Gasteiger partial charge in [0.25, 0.3) is 0 Å². The van der Waals surface area contributed by atoms with Gasteiger partial charge < -0.3 is 14.1 Å². The van der Waals surface area contributed by atoms with Crippen LogP contribution in [0.25, 0.3) is 0 Å². The molecular formula is C44H89NO5S. The number of hydrogen-bond donors (Lipinski definition) is 1. The van der Waals surface area contributed by atoms with E-state index in [1.165, 1.54) is 193 Å². The zero-order valence-electron chi connectivity index (χ0n) is 35.0. The van der Waals surface area contributed by atoms with Crippen molar-refractivity contribution in [1.29, 1.82) is 0 Å². The predicted molar refractivity (Wildman–Crippen MR) is 222 cm³/mol. The van der Waals surface area contributed by atoms with Gasteiger partial charge in [0.2, 0.25) is 10.4 Å². The molecule has 2 unspecified atom stereocenters. The van der Waals surface area contributed by atoms with Gasteiger partial charge in [-0.2, -0.15) is 0 Å². The van der Waals surface area contributed by atoms with Gasteiger partial charge >= 0.3 is 0 Å². The third-order valence-corrected chi connectivity index (χ3v) is 11.4. The number of likely N-dealkylation sites (N-methyl/N-ethyl adjacent to an activating group) is 1. The summed E-state index contributed by atoms with van der Waals surface area (Å²) in [5.41, 5.74) is 0. The number of unbranched alkanes of at least 4 members (excludes halogenated alkanes) is 22. The Morgan fingerprint density at radius 3 is 1.08 bits per heavy atom. The van der Waals surface area contributed by atoms with Crippen LogP contribution in [0, 0.1) is 0 Å². The lowest BCUT2D eigenvalue weighted by Gasteiger charge is -2.47. The van der Waals surface area contributed by atoms with Crippen molar-refractivity contribution in [2.45, 2.75) is 232 Å². The lowest BCUT2D eigenvalue weighted by molar-refractivity contribution is -0.957. The van der Waals surface area contributed by atoms with E-state index < -0.39 is 10.4 Å². The molecule has 1 N–H and O–H groups in total. The number of allylic oxidation sites excluding steroid dienone is 4. The van der Waals surface area contributed by atoms with Crippen molar-refractivity contribution in [3.8, 4) is 0 Å². The zero-order valence-corrected chi connectivity index (χ0v) is 35.8. The van der Waals surface area contributed by atoms with Crippen LogP contribution in [-0.2, 0) is 14.6 Å². The van der Waals surface area contributed by atoms with E-state index in [2.05, 4.69) is 63.2 Å². The smallest absolute Gasteiger partial charge is 0.217 e. The fourth-order valence-electron chi connectivity index (χ4n) is 7.61. The first-order valence-corrected chi connectivity index (χ1v) is 23.3. The van der Waals surface area contributed by atoms with E-state index in [9.17, 15) is 18.1 Å². The Morgan fingerprint density at radius 2 is 0.824 bits per heavy atom. The molecule has 0 aromatic carbocycles. The molecule has 2 atom stereocenters. The van der Waals surface area contributed by atoms with Crippen LogP contribution in [0.1, 0.15) is 220 Å². The molecular weight excluding hydrogens is 655 g/mol. The van der Waals surface area contributed by atoms with Gasteiger partial charge in [-0.15, -0.1) is 0 Å². The molecule has 0 fully saturated rings. The summed E-state index contributed by atoms with van der Waals surface area (Å²) in [5.74, 6) is 0. The number of aliphatic hydroxyl groups excluding tert-OH is 1. The standard InChI is InChI=1S/C43H86NO.CH4O4S/c1-6-10-12-14-16-18-20-22-24-26-28-30-32-34-36-38-42(8-3)44(5,40-41-45)43(9-4)39-37-35-33-31-29-27-25-23-21-19-17-15-13-11-7-2;1-5-6(2,3)4/h22-25,42-43,45H,6-21,26-41H2,1-5H3;1H3,(H,2,3,4)/q+1;/p-1/b24-22-,25-23-;. The Morgan fingerprint density at radius 1 is 0.549 bits per heavy atom. The van der Waals surface area contributed by atoms with Crippen molar-refractivity contribution in [2.75, 3.05) is 27.3 Å². The summed E-state index contributed by atoms with van der Waals surface area (Å²) in [7, 11) is -1.12. The summed E-state index contributed by atoms with van der Waals surface area (Å²) in [4.78, 5) is 0. The maximum absolute atomic E-state index is 10.1. The highest BCUT2D eigenvalue weighted by Gasteiger charge is 2.37. The molecule has 0 amide bonds. The minimum absolute atomic E-state index is 0.322. The number of aliphatic hydroxyl groups is 1. The first-order chi connectivity index (χ1) is 24.7. The van der Waals surface area contributed by atoms with Crippen LogP contribution in [0.2, 0.25) is 0 Å². The third-order valence-electron chi connectivity index (χ3n) is 11.0. The molecule has 0 saturated heterocycles. The minimum atomic E-state index is -4.41. The van der Waals surface area contributed by atoms with E-state index in [1.807, 2.05) is 0 Å². The molecule has 7 heteroatoms. The minimum Gasteiger partial charge on any atom is -0.726 e. The first-order valence-electron chi connectivity index (χ1n) is 21.9. The van der Waals surface area contributed by atoms with Crippen LogP contribution in [0.15, 0.2) is 24.3 Å². The van der Waals surface area contributed by atoms with Crippen LogP contribution < -0.4 is 0 Å². The average molecular weight is 744 g/mol. The van der Waals surface area contributed by atoms with E-state index >= 15 is 0 Å². The molecule has 0 aliphatic rings. The number of hydrogen-bond acceptors (Lipinski definition) is 5. The van der Waals surface area contributed by atoms with Crippen LogP contribution >= 0.6 is 0 Å². The summed E-state index contributed by atoms with van der Waals surface area (Å²) in [6.45, 7) is 10.6. The summed E-state index contributed by atoms with van der Waals surface area (Å²) < 4.78 is 32.1. The Labute approximate surface area is 320 Å². The van der Waals surface area contributed by atoms with Crippen molar-refractivity contribution in [3.05, 3.63) is 24.3 Å². The second-order valence-corrected chi connectivity index (χ2v) is 16.4. The fraction of sp³-hybridized carbons (Fsp3) is 0.909. The molecule has 0 bridgehead atoms. The van der Waals surface area contributed by atoms with Gasteiger partial charge in [0.05, 0.1) is 32.8 Å². The molecule has 0 aliphatic heterocycles. The van der Waals surface area contributed by atoms with Gasteiger partial charge in [0.1, 0.15) is 6.54 Å². The van der Waals surface area contributed by atoms with Crippen molar-refractivity contribution >= 4 is 10.4 Å². The van der Waals surface area contributed by atoms with E-state index in [-0.39, 0.29) is 0 Å². The molecule has 306 valence electrons. The summed E-state index contributed by atoms with van der Waals surface area (Å²) in [6.07, 6.45) is 50.5. The second-order valence-electron chi connectivity index (χ2n) is 15.2. The van der Waals surface area contributed by atoms with Crippen LogP contribution in [0.3, 0.4) is 0 Å². The fourth-order valence-corrected chi connectivity index (χ4v) is 7.61. The number of rotatable bonds is 37. The number of nitrogens with zero attached hydrogens (tertiary/aromatic N) is 1. The molecule has 0 aromatic rings. The van der Waals surface area contributed by atoms with Gasteiger partial charge in [-0.1, -0.05) is 155 Å². The molecule has 6 nitrogen and oxygen atoms in total. The Bertz CT molecular complexity index is 812. The number of quaternary nitrogens is 1. The summed E-state index contributed by atoms with van der Waals surface area (Å²) >= 11 is 0. The Kier molecular flexibility index (Phi) is 40.0. The topological polar surface area (TPSA) is 86.7 Å². The highest BCUT2D eigenvalue weighted by Crippen LogP contribution is 2.29. The lowest BCUT2D eigenvalue weighted by atomic mass is 9.94. The van der Waals surface area contributed by atoms with Gasteiger partial charge in [0.15, 0.2) is 0 Å². The maximum atomic E-state index is 10.1. The molecule has 0 aromatic heterocycles. The second kappa shape index (κ2) is 39.0.